The van der Waals surface area contributed by atoms with Crippen LogP contribution >= 0.6 is 11.6 Å². The molecule has 1 aliphatic rings. The van der Waals surface area contributed by atoms with Crippen molar-refractivity contribution < 1.29 is 23.8 Å². The zero-order chi connectivity index (χ0) is 23.8. The minimum Gasteiger partial charge on any atom is -0.493 e. The van der Waals surface area contributed by atoms with Crippen molar-refractivity contribution in [2.75, 3.05) is 52.8 Å². The summed E-state index contributed by atoms with van der Waals surface area (Å²) in [5, 5.41) is 3.47. The Balaban J connectivity index is 1.61. The summed E-state index contributed by atoms with van der Waals surface area (Å²) in [5.41, 5.74) is 1.42. The van der Waals surface area contributed by atoms with Crippen molar-refractivity contribution in [3.05, 3.63) is 53.1 Å². The number of benzene rings is 2. The van der Waals surface area contributed by atoms with Gasteiger partial charge >= 0.3 is 6.03 Å². The summed E-state index contributed by atoms with van der Waals surface area (Å²) >= 11 is 5.89. The molecule has 0 saturated carbocycles. The molecule has 3 rings (SSSR count). The second kappa shape index (κ2) is 11.5. The lowest BCUT2D eigenvalue weighted by Crippen LogP contribution is -2.39. The average Bonchev–Trinajstić information content (AvgIpc) is 3.09. The van der Waals surface area contributed by atoms with Crippen LogP contribution in [0.25, 0.3) is 6.08 Å². The highest BCUT2D eigenvalue weighted by Gasteiger charge is 2.21. The number of carbonyl (C=O) groups is 2. The van der Waals surface area contributed by atoms with E-state index < -0.39 is 0 Å². The molecule has 176 valence electrons. The van der Waals surface area contributed by atoms with Crippen molar-refractivity contribution in [1.29, 1.82) is 0 Å². The van der Waals surface area contributed by atoms with Crippen LogP contribution in [-0.4, -0.2) is 69.2 Å². The fourth-order valence-corrected chi connectivity index (χ4v) is 3.67. The number of urea groups is 1. The molecule has 0 atom stereocenters. The van der Waals surface area contributed by atoms with E-state index in [4.69, 9.17) is 25.8 Å². The molecule has 3 amide bonds. The molecule has 1 saturated heterocycles. The average molecular weight is 474 g/mol. The fourth-order valence-electron chi connectivity index (χ4n) is 3.55. The molecule has 0 unspecified atom stereocenters. The van der Waals surface area contributed by atoms with Crippen molar-refractivity contribution in [3.8, 4) is 17.2 Å². The number of halogens is 1. The van der Waals surface area contributed by atoms with Gasteiger partial charge in [0, 0.05) is 43.0 Å². The zero-order valence-corrected chi connectivity index (χ0v) is 19.7. The number of rotatable bonds is 6. The number of nitrogens with zero attached hydrogens (tertiary/aromatic N) is 2. The van der Waals surface area contributed by atoms with Gasteiger partial charge in [-0.15, -0.1) is 0 Å². The Bertz CT molecular complexity index is 985. The van der Waals surface area contributed by atoms with E-state index in [1.807, 2.05) is 0 Å². The Morgan fingerprint density at radius 1 is 0.909 bits per heavy atom. The topological polar surface area (TPSA) is 80.3 Å². The summed E-state index contributed by atoms with van der Waals surface area (Å²) in [6.45, 7) is 2.04. The lowest BCUT2D eigenvalue weighted by Gasteiger charge is -2.22. The van der Waals surface area contributed by atoms with E-state index in [2.05, 4.69) is 5.32 Å². The Hall–Kier alpha value is -3.39. The van der Waals surface area contributed by atoms with Gasteiger partial charge in [0.2, 0.25) is 11.7 Å². The molecule has 1 fully saturated rings. The van der Waals surface area contributed by atoms with Crippen molar-refractivity contribution >= 4 is 35.3 Å². The summed E-state index contributed by atoms with van der Waals surface area (Å²) in [7, 11) is 4.63. The van der Waals surface area contributed by atoms with Gasteiger partial charge in [-0.1, -0.05) is 11.6 Å². The van der Waals surface area contributed by atoms with Crippen molar-refractivity contribution in [1.82, 2.24) is 9.80 Å². The largest absolute Gasteiger partial charge is 0.493 e. The molecule has 1 aliphatic heterocycles. The van der Waals surface area contributed by atoms with Crippen LogP contribution in [0.15, 0.2) is 42.5 Å². The molecule has 0 aliphatic carbocycles. The van der Waals surface area contributed by atoms with Gasteiger partial charge in [-0.3, -0.25) is 4.79 Å². The maximum Gasteiger partial charge on any atom is 0.321 e. The Morgan fingerprint density at radius 2 is 1.52 bits per heavy atom. The quantitative estimate of drug-likeness (QED) is 0.637. The van der Waals surface area contributed by atoms with Crippen molar-refractivity contribution in [2.45, 2.75) is 6.42 Å². The molecule has 2 aromatic carbocycles. The molecule has 0 spiro atoms. The van der Waals surface area contributed by atoms with E-state index in [1.165, 1.54) is 13.2 Å². The molecule has 2 aromatic rings. The first-order valence-corrected chi connectivity index (χ1v) is 10.9. The first-order chi connectivity index (χ1) is 15.9. The van der Waals surface area contributed by atoms with Crippen LogP contribution in [0.2, 0.25) is 5.02 Å². The number of nitrogens with one attached hydrogen (secondary N) is 1. The molecule has 33 heavy (non-hydrogen) atoms. The number of anilines is 1. The van der Waals surface area contributed by atoms with Crippen LogP contribution in [0, 0.1) is 0 Å². The number of methoxy groups -OCH3 is 3. The molecule has 0 aromatic heterocycles. The lowest BCUT2D eigenvalue weighted by molar-refractivity contribution is -0.125. The Kier molecular flexibility index (Phi) is 8.43. The van der Waals surface area contributed by atoms with E-state index in [0.717, 1.165) is 5.56 Å². The van der Waals surface area contributed by atoms with Crippen LogP contribution in [0.1, 0.15) is 12.0 Å². The SMILES string of the molecule is COc1cc(/C=C/C(=O)N2CCCN(C(=O)Nc3ccc(Cl)cc3)CC2)cc(OC)c1OC. The molecule has 1 heterocycles. The maximum absolute atomic E-state index is 12.8. The summed E-state index contributed by atoms with van der Waals surface area (Å²) in [4.78, 5) is 28.8. The minimum absolute atomic E-state index is 0.122. The summed E-state index contributed by atoms with van der Waals surface area (Å²) in [6.07, 6.45) is 3.92. The second-order valence-corrected chi connectivity index (χ2v) is 7.83. The number of hydrogen-bond donors (Lipinski definition) is 1. The van der Waals surface area contributed by atoms with Gasteiger partial charge in [0.25, 0.3) is 0 Å². The lowest BCUT2D eigenvalue weighted by atomic mass is 10.1. The summed E-state index contributed by atoms with van der Waals surface area (Å²) in [6, 6.07) is 10.3. The Morgan fingerprint density at radius 3 is 2.12 bits per heavy atom. The first kappa shape index (κ1) is 24.3. The van der Waals surface area contributed by atoms with Gasteiger partial charge < -0.3 is 29.3 Å². The van der Waals surface area contributed by atoms with Gasteiger partial charge in [-0.2, -0.15) is 0 Å². The van der Waals surface area contributed by atoms with E-state index in [0.29, 0.717) is 60.6 Å². The van der Waals surface area contributed by atoms with Crippen LogP contribution in [-0.2, 0) is 4.79 Å². The fraction of sp³-hybridized carbons (Fsp3) is 0.333. The highest BCUT2D eigenvalue weighted by molar-refractivity contribution is 6.30. The minimum atomic E-state index is -0.195. The first-order valence-electron chi connectivity index (χ1n) is 10.5. The third-order valence-electron chi connectivity index (χ3n) is 5.30. The molecule has 9 heteroatoms. The monoisotopic (exact) mass is 473 g/mol. The van der Waals surface area contributed by atoms with Gasteiger partial charge in [-0.05, 0) is 54.5 Å². The second-order valence-electron chi connectivity index (χ2n) is 7.39. The van der Waals surface area contributed by atoms with Crippen LogP contribution in [0.5, 0.6) is 17.2 Å². The Labute approximate surface area is 198 Å². The molecule has 0 radical (unpaired) electrons. The van der Waals surface area contributed by atoms with Gasteiger partial charge in [0.15, 0.2) is 11.5 Å². The smallest absolute Gasteiger partial charge is 0.321 e. The summed E-state index contributed by atoms with van der Waals surface area (Å²) < 4.78 is 16.0. The molecular formula is C24H28ClN3O5. The third-order valence-corrected chi connectivity index (χ3v) is 5.55. The number of ether oxygens (including phenoxy) is 3. The third kappa shape index (κ3) is 6.32. The number of hydrogen-bond acceptors (Lipinski definition) is 5. The molecule has 1 N–H and O–H groups in total. The van der Waals surface area contributed by atoms with Gasteiger partial charge in [-0.25, -0.2) is 4.79 Å². The van der Waals surface area contributed by atoms with Crippen LogP contribution in [0.3, 0.4) is 0 Å². The predicted octanol–water partition coefficient (Wildman–Crippen LogP) is 4.15. The highest BCUT2D eigenvalue weighted by atomic mass is 35.5. The zero-order valence-electron chi connectivity index (χ0n) is 19.0. The van der Waals surface area contributed by atoms with Crippen LogP contribution in [0.4, 0.5) is 10.5 Å². The predicted molar refractivity (Wildman–Crippen MR) is 128 cm³/mol. The summed E-state index contributed by atoms with van der Waals surface area (Å²) in [5.74, 6) is 1.40. The number of amides is 3. The van der Waals surface area contributed by atoms with Crippen LogP contribution < -0.4 is 19.5 Å². The van der Waals surface area contributed by atoms with Crippen molar-refractivity contribution in [3.63, 3.8) is 0 Å². The van der Waals surface area contributed by atoms with E-state index >= 15 is 0 Å². The van der Waals surface area contributed by atoms with Crippen molar-refractivity contribution in [2.24, 2.45) is 0 Å². The van der Waals surface area contributed by atoms with E-state index in [1.54, 1.807) is 66.5 Å². The van der Waals surface area contributed by atoms with Gasteiger partial charge in [0.05, 0.1) is 21.3 Å². The molecule has 8 nitrogen and oxygen atoms in total. The van der Waals surface area contributed by atoms with Gasteiger partial charge in [0.1, 0.15) is 0 Å². The van der Waals surface area contributed by atoms with E-state index in [9.17, 15) is 9.59 Å². The van der Waals surface area contributed by atoms with E-state index in [-0.39, 0.29) is 11.9 Å². The molecular weight excluding hydrogens is 446 g/mol. The molecule has 0 bridgehead atoms. The normalized spacial score (nSPS) is 14.1. The standard InChI is InChI=1S/C24H28ClN3O5/c1-31-20-15-17(16-21(32-2)23(20)33-3)5-10-22(29)27-11-4-12-28(14-13-27)24(30)26-19-8-6-18(25)7-9-19/h5-10,15-16H,4,11-14H2,1-3H3,(H,26,30)/b10-5+. The maximum atomic E-state index is 12.8. The number of carbonyl (C=O) groups excluding carboxylic acids is 2. The highest BCUT2D eigenvalue weighted by Crippen LogP contribution is 2.38.